The Hall–Kier alpha value is -2.17. The minimum absolute atomic E-state index is 0.0178. The van der Waals surface area contributed by atoms with Gasteiger partial charge in [-0.15, -0.1) is 0 Å². The summed E-state index contributed by atoms with van der Waals surface area (Å²) >= 11 is 0. The molecule has 0 aromatic heterocycles. The Morgan fingerprint density at radius 1 is 1.15 bits per heavy atom. The van der Waals surface area contributed by atoms with Crippen molar-refractivity contribution in [1.82, 2.24) is 10.2 Å². The summed E-state index contributed by atoms with van der Waals surface area (Å²) in [6, 6.07) is 18.1. The van der Waals surface area contributed by atoms with Crippen molar-refractivity contribution < 1.29 is 9.53 Å². The average molecular weight is 352 g/mol. The molecular formula is C22H28N2O2. The summed E-state index contributed by atoms with van der Waals surface area (Å²) in [6.45, 7) is 6.48. The number of carbonyl (C=O) groups excluding carboxylic acids is 1. The summed E-state index contributed by atoms with van der Waals surface area (Å²) in [7, 11) is 0. The summed E-state index contributed by atoms with van der Waals surface area (Å²) in [6.07, 6.45) is 2.24. The molecule has 3 rings (SSSR count). The first-order valence-electron chi connectivity index (χ1n) is 9.46. The van der Waals surface area contributed by atoms with Gasteiger partial charge in [-0.3, -0.25) is 9.69 Å². The number of morpholine rings is 1. The number of nitrogens with zero attached hydrogens (tertiary/aromatic N) is 1. The van der Waals surface area contributed by atoms with Crippen LogP contribution in [0.1, 0.15) is 40.4 Å². The van der Waals surface area contributed by atoms with Crippen molar-refractivity contribution in [3.8, 4) is 0 Å². The lowest BCUT2D eigenvalue weighted by molar-refractivity contribution is -0.0303. The number of hydrogen-bond donors (Lipinski definition) is 1. The van der Waals surface area contributed by atoms with Crippen LogP contribution < -0.4 is 5.32 Å². The molecule has 1 aliphatic heterocycles. The number of rotatable bonds is 7. The Morgan fingerprint density at radius 3 is 2.81 bits per heavy atom. The van der Waals surface area contributed by atoms with E-state index in [1.807, 2.05) is 37.3 Å². The Kier molecular flexibility index (Phi) is 6.81. The van der Waals surface area contributed by atoms with Gasteiger partial charge in [-0.05, 0) is 44.0 Å². The molecule has 0 unspecified atom stereocenters. The van der Waals surface area contributed by atoms with Crippen molar-refractivity contribution in [2.24, 2.45) is 0 Å². The van der Waals surface area contributed by atoms with Crippen molar-refractivity contribution in [2.45, 2.75) is 25.9 Å². The van der Waals surface area contributed by atoms with Gasteiger partial charge in [-0.25, -0.2) is 0 Å². The van der Waals surface area contributed by atoms with Crippen LogP contribution in [0.5, 0.6) is 0 Å². The maximum Gasteiger partial charge on any atom is 0.251 e. The van der Waals surface area contributed by atoms with Crippen molar-refractivity contribution >= 4 is 5.91 Å². The number of unbranched alkanes of at least 4 members (excludes halogenated alkanes) is 1. The Balaban J connectivity index is 1.35. The Morgan fingerprint density at radius 2 is 2.00 bits per heavy atom. The van der Waals surface area contributed by atoms with Crippen LogP contribution in [0.3, 0.4) is 0 Å². The van der Waals surface area contributed by atoms with Crippen LogP contribution in [0.15, 0.2) is 54.6 Å². The van der Waals surface area contributed by atoms with Gasteiger partial charge >= 0.3 is 0 Å². The quantitative estimate of drug-likeness (QED) is 0.775. The summed E-state index contributed by atoms with van der Waals surface area (Å²) in [5.74, 6) is 0.0178. The maximum atomic E-state index is 12.1. The highest BCUT2D eigenvalue weighted by Crippen LogP contribution is 2.21. The van der Waals surface area contributed by atoms with Gasteiger partial charge in [0.2, 0.25) is 0 Å². The molecule has 1 N–H and O–H groups in total. The highest BCUT2D eigenvalue weighted by molar-refractivity contribution is 5.94. The second-order valence-corrected chi connectivity index (χ2v) is 6.90. The van der Waals surface area contributed by atoms with E-state index >= 15 is 0 Å². The minimum Gasteiger partial charge on any atom is -0.371 e. The lowest BCUT2D eigenvalue weighted by atomic mass is 10.1. The second-order valence-electron chi connectivity index (χ2n) is 6.90. The number of amides is 1. The molecule has 0 spiro atoms. The molecule has 0 radical (unpaired) electrons. The lowest BCUT2D eigenvalue weighted by Gasteiger charge is -2.33. The molecule has 0 saturated carbocycles. The van der Waals surface area contributed by atoms with Crippen LogP contribution in [-0.4, -0.2) is 43.6 Å². The zero-order chi connectivity index (χ0) is 18.2. The molecule has 138 valence electrons. The van der Waals surface area contributed by atoms with Crippen molar-refractivity contribution in [3.63, 3.8) is 0 Å². The molecule has 1 heterocycles. The fraction of sp³-hybridized carbons (Fsp3) is 0.409. The summed E-state index contributed by atoms with van der Waals surface area (Å²) in [5.41, 5.74) is 3.10. The molecule has 1 atom stereocenters. The van der Waals surface area contributed by atoms with Crippen LogP contribution >= 0.6 is 0 Å². The van der Waals surface area contributed by atoms with Gasteiger partial charge in [0.1, 0.15) is 0 Å². The van der Waals surface area contributed by atoms with E-state index in [2.05, 4.69) is 34.5 Å². The molecule has 4 nitrogen and oxygen atoms in total. The third-order valence-corrected chi connectivity index (χ3v) is 4.79. The first-order chi connectivity index (χ1) is 12.7. The molecule has 1 fully saturated rings. The highest BCUT2D eigenvalue weighted by atomic mass is 16.5. The maximum absolute atomic E-state index is 12.1. The SMILES string of the molecule is Cc1cccc(C(=O)NCCCCN2CCO[C@@H](c3ccccc3)C2)c1. The molecular weight excluding hydrogens is 324 g/mol. The molecule has 26 heavy (non-hydrogen) atoms. The van der Waals surface area contributed by atoms with Gasteiger partial charge < -0.3 is 10.1 Å². The second kappa shape index (κ2) is 9.51. The molecule has 4 heteroatoms. The standard InChI is InChI=1S/C22H28N2O2/c1-18-8-7-11-20(16-18)22(25)23-12-5-6-13-24-14-15-26-21(17-24)19-9-3-2-4-10-19/h2-4,7-11,16,21H,5-6,12-15,17H2,1H3,(H,23,25)/t21-/m1/s1. The van der Waals surface area contributed by atoms with E-state index in [0.717, 1.165) is 56.8 Å². The number of nitrogens with one attached hydrogen (secondary N) is 1. The summed E-state index contributed by atoms with van der Waals surface area (Å²) in [5, 5.41) is 3.02. The van der Waals surface area contributed by atoms with Gasteiger partial charge in [-0.1, -0.05) is 48.0 Å². The van der Waals surface area contributed by atoms with Gasteiger partial charge in [-0.2, -0.15) is 0 Å². The molecule has 2 aromatic carbocycles. The van der Waals surface area contributed by atoms with Gasteiger partial charge in [0, 0.05) is 25.2 Å². The smallest absolute Gasteiger partial charge is 0.251 e. The number of hydrogen-bond acceptors (Lipinski definition) is 3. The predicted octanol–water partition coefficient (Wildman–Crippen LogP) is 3.58. The normalized spacial score (nSPS) is 17.8. The zero-order valence-electron chi connectivity index (χ0n) is 15.5. The molecule has 1 aliphatic rings. The zero-order valence-corrected chi connectivity index (χ0v) is 15.5. The first-order valence-corrected chi connectivity index (χ1v) is 9.46. The summed E-state index contributed by atoms with van der Waals surface area (Å²) in [4.78, 5) is 14.6. The van der Waals surface area contributed by atoms with Crippen molar-refractivity contribution in [2.75, 3.05) is 32.8 Å². The van der Waals surface area contributed by atoms with E-state index in [0.29, 0.717) is 0 Å². The fourth-order valence-electron chi connectivity index (χ4n) is 3.33. The molecule has 2 aromatic rings. The number of ether oxygens (including phenoxy) is 1. The van der Waals surface area contributed by atoms with Crippen LogP contribution in [0.2, 0.25) is 0 Å². The molecule has 1 saturated heterocycles. The Bertz CT molecular complexity index is 702. The highest BCUT2D eigenvalue weighted by Gasteiger charge is 2.21. The average Bonchev–Trinajstić information content (AvgIpc) is 2.68. The van der Waals surface area contributed by atoms with Crippen LogP contribution in [0, 0.1) is 6.92 Å². The largest absolute Gasteiger partial charge is 0.371 e. The van der Waals surface area contributed by atoms with Gasteiger partial charge in [0.15, 0.2) is 0 Å². The van der Waals surface area contributed by atoms with E-state index in [1.54, 1.807) is 0 Å². The third-order valence-electron chi connectivity index (χ3n) is 4.79. The first kappa shape index (κ1) is 18.6. The van der Waals surface area contributed by atoms with E-state index in [1.165, 1.54) is 5.56 Å². The number of aryl methyl sites for hydroxylation is 1. The van der Waals surface area contributed by atoms with Crippen molar-refractivity contribution in [1.29, 1.82) is 0 Å². The number of benzene rings is 2. The monoisotopic (exact) mass is 352 g/mol. The van der Waals surface area contributed by atoms with E-state index in [4.69, 9.17) is 4.74 Å². The summed E-state index contributed by atoms with van der Waals surface area (Å²) < 4.78 is 5.91. The fourth-order valence-corrected chi connectivity index (χ4v) is 3.33. The predicted molar refractivity (Wildman–Crippen MR) is 104 cm³/mol. The van der Waals surface area contributed by atoms with E-state index in [-0.39, 0.29) is 12.0 Å². The molecule has 1 amide bonds. The van der Waals surface area contributed by atoms with Crippen molar-refractivity contribution in [3.05, 3.63) is 71.3 Å². The van der Waals surface area contributed by atoms with Gasteiger partial charge in [0.25, 0.3) is 5.91 Å². The minimum atomic E-state index is 0.0178. The van der Waals surface area contributed by atoms with E-state index in [9.17, 15) is 4.79 Å². The molecule has 0 bridgehead atoms. The van der Waals surface area contributed by atoms with Crippen LogP contribution in [0.25, 0.3) is 0 Å². The van der Waals surface area contributed by atoms with Gasteiger partial charge in [0.05, 0.1) is 12.7 Å². The number of carbonyl (C=O) groups is 1. The van der Waals surface area contributed by atoms with Crippen LogP contribution in [-0.2, 0) is 4.74 Å². The molecule has 0 aliphatic carbocycles. The third kappa shape index (κ3) is 5.41. The lowest BCUT2D eigenvalue weighted by Crippen LogP contribution is -2.39. The van der Waals surface area contributed by atoms with E-state index < -0.39 is 0 Å². The topological polar surface area (TPSA) is 41.6 Å². The Labute approximate surface area is 156 Å². The van der Waals surface area contributed by atoms with Crippen LogP contribution in [0.4, 0.5) is 0 Å².